The predicted molar refractivity (Wildman–Crippen MR) is 40.8 cm³/mol. The molecule has 0 atom stereocenters. The molecule has 0 aliphatic heterocycles. The topological polar surface area (TPSA) is 26.0 Å². The highest BCUT2D eigenvalue weighted by atomic mass is 14.4. The highest BCUT2D eigenvalue weighted by molar-refractivity contribution is 6.49. The lowest BCUT2D eigenvalue weighted by Gasteiger charge is -1.94. The van der Waals surface area contributed by atoms with Crippen LogP contribution in [0.15, 0.2) is 24.3 Å². The van der Waals surface area contributed by atoms with Crippen LogP contribution in [0.2, 0.25) is 0 Å². The van der Waals surface area contributed by atoms with Crippen molar-refractivity contribution < 1.29 is 0 Å². The van der Waals surface area contributed by atoms with Crippen molar-refractivity contribution in [2.45, 2.75) is 6.92 Å². The Morgan fingerprint density at radius 1 is 1.44 bits per heavy atom. The lowest BCUT2D eigenvalue weighted by Crippen LogP contribution is -2.22. The summed E-state index contributed by atoms with van der Waals surface area (Å²) in [5.74, 6) is 0. The van der Waals surface area contributed by atoms with Crippen molar-refractivity contribution in [3.8, 4) is 0 Å². The second-order valence-corrected chi connectivity index (χ2v) is 2.08. The van der Waals surface area contributed by atoms with Crippen molar-refractivity contribution >= 4 is 12.9 Å². The van der Waals surface area contributed by atoms with E-state index in [1.165, 1.54) is 5.56 Å². The highest BCUT2D eigenvalue weighted by Crippen LogP contribution is 1.90. The lowest BCUT2D eigenvalue weighted by atomic mass is 9.84. The molecule has 0 saturated heterocycles. The number of hydrogen-bond donors (Lipinski definition) is 1. The van der Waals surface area contributed by atoms with Crippen LogP contribution < -0.4 is 11.1 Å². The first kappa shape index (κ1) is 6.37. The SMILES string of the molecule is Cc1cccc([B]N)c1. The molecule has 1 aromatic carbocycles. The van der Waals surface area contributed by atoms with E-state index in [4.69, 9.17) is 5.64 Å². The molecule has 0 aliphatic rings. The minimum absolute atomic E-state index is 1.08. The Kier molecular flexibility index (Phi) is 1.90. The van der Waals surface area contributed by atoms with Crippen molar-refractivity contribution in [1.29, 1.82) is 0 Å². The third kappa shape index (κ3) is 1.58. The summed E-state index contributed by atoms with van der Waals surface area (Å²) in [6.07, 6.45) is 0. The van der Waals surface area contributed by atoms with E-state index in [1.54, 1.807) is 7.41 Å². The molecular formula is C7H9BN. The van der Waals surface area contributed by atoms with E-state index in [0.717, 1.165) is 5.46 Å². The Labute approximate surface area is 56.1 Å². The van der Waals surface area contributed by atoms with Crippen LogP contribution in [0.5, 0.6) is 0 Å². The minimum atomic E-state index is 1.08. The molecule has 0 spiro atoms. The zero-order chi connectivity index (χ0) is 6.69. The van der Waals surface area contributed by atoms with Gasteiger partial charge >= 0.3 is 0 Å². The number of aryl methyl sites for hydroxylation is 1. The summed E-state index contributed by atoms with van der Waals surface area (Å²) in [4.78, 5) is 0. The Hall–Kier alpha value is -0.755. The molecule has 0 aromatic heterocycles. The van der Waals surface area contributed by atoms with Crippen LogP contribution in [0.25, 0.3) is 0 Å². The summed E-state index contributed by atoms with van der Waals surface area (Å²) in [5, 5.41) is 0. The van der Waals surface area contributed by atoms with Gasteiger partial charge in [0, 0.05) is 0 Å². The quantitative estimate of drug-likeness (QED) is 0.523. The summed E-state index contributed by atoms with van der Waals surface area (Å²) >= 11 is 0. The Morgan fingerprint density at radius 3 is 2.67 bits per heavy atom. The maximum atomic E-state index is 5.29. The standard InChI is InChI=1S/C7H9BN/c1-6-3-2-4-7(5-6)8-9/h2-5H,9H2,1H3. The number of hydrogen-bond acceptors (Lipinski definition) is 1. The molecule has 0 aliphatic carbocycles. The fourth-order valence-electron chi connectivity index (χ4n) is 0.774. The van der Waals surface area contributed by atoms with Gasteiger partial charge in [-0.25, -0.2) is 0 Å². The van der Waals surface area contributed by atoms with Gasteiger partial charge in [0.2, 0.25) is 7.41 Å². The smallest absolute Gasteiger partial charge is 0.241 e. The maximum absolute atomic E-state index is 5.29. The zero-order valence-corrected chi connectivity index (χ0v) is 5.46. The van der Waals surface area contributed by atoms with Gasteiger partial charge in [-0.1, -0.05) is 35.3 Å². The van der Waals surface area contributed by atoms with Gasteiger partial charge in [0.05, 0.1) is 0 Å². The summed E-state index contributed by atoms with van der Waals surface area (Å²) in [6.45, 7) is 2.05. The van der Waals surface area contributed by atoms with Crippen LogP contribution in [-0.2, 0) is 0 Å². The molecule has 0 fully saturated rings. The number of benzene rings is 1. The second-order valence-electron chi connectivity index (χ2n) is 2.08. The summed E-state index contributed by atoms with van der Waals surface area (Å²) in [6, 6.07) is 8.06. The van der Waals surface area contributed by atoms with Crippen LogP contribution in [0.4, 0.5) is 0 Å². The summed E-state index contributed by atoms with van der Waals surface area (Å²) in [5.41, 5.74) is 7.62. The normalized spacial score (nSPS) is 9.11. The van der Waals surface area contributed by atoms with Crippen LogP contribution in [-0.4, -0.2) is 7.41 Å². The Balaban J connectivity index is 2.94. The van der Waals surface area contributed by atoms with Gasteiger partial charge in [-0.05, 0) is 6.92 Å². The molecule has 9 heavy (non-hydrogen) atoms. The van der Waals surface area contributed by atoms with Crippen molar-refractivity contribution in [3.05, 3.63) is 29.8 Å². The van der Waals surface area contributed by atoms with E-state index in [-0.39, 0.29) is 0 Å². The molecule has 0 unspecified atom stereocenters. The van der Waals surface area contributed by atoms with Gasteiger partial charge in [-0.15, -0.1) is 0 Å². The molecule has 2 N–H and O–H groups in total. The average Bonchev–Trinajstić information content (AvgIpc) is 1.88. The Morgan fingerprint density at radius 2 is 2.22 bits per heavy atom. The highest BCUT2D eigenvalue weighted by Gasteiger charge is 1.88. The monoisotopic (exact) mass is 118 g/mol. The molecule has 1 rings (SSSR count). The maximum Gasteiger partial charge on any atom is 0.241 e. The molecule has 45 valence electrons. The fraction of sp³-hybridized carbons (Fsp3) is 0.143. The fourth-order valence-corrected chi connectivity index (χ4v) is 0.774. The van der Waals surface area contributed by atoms with Crippen molar-refractivity contribution in [3.63, 3.8) is 0 Å². The van der Waals surface area contributed by atoms with E-state index < -0.39 is 0 Å². The zero-order valence-electron chi connectivity index (χ0n) is 5.46. The largest absolute Gasteiger partial charge is 0.370 e. The molecule has 1 aromatic rings. The second kappa shape index (κ2) is 2.69. The minimum Gasteiger partial charge on any atom is -0.370 e. The third-order valence-electron chi connectivity index (χ3n) is 1.23. The third-order valence-corrected chi connectivity index (χ3v) is 1.23. The molecular weight excluding hydrogens is 109 g/mol. The molecule has 0 amide bonds. The average molecular weight is 118 g/mol. The van der Waals surface area contributed by atoms with Crippen molar-refractivity contribution in [1.82, 2.24) is 0 Å². The van der Waals surface area contributed by atoms with Gasteiger partial charge in [0.1, 0.15) is 0 Å². The van der Waals surface area contributed by atoms with E-state index in [9.17, 15) is 0 Å². The summed E-state index contributed by atoms with van der Waals surface area (Å²) < 4.78 is 0. The van der Waals surface area contributed by atoms with Gasteiger partial charge < -0.3 is 5.64 Å². The van der Waals surface area contributed by atoms with E-state index in [0.29, 0.717) is 0 Å². The molecule has 0 saturated carbocycles. The van der Waals surface area contributed by atoms with E-state index in [2.05, 4.69) is 0 Å². The van der Waals surface area contributed by atoms with Gasteiger partial charge in [0.15, 0.2) is 0 Å². The molecule has 1 nitrogen and oxygen atoms in total. The van der Waals surface area contributed by atoms with Crippen molar-refractivity contribution in [2.24, 2.45) is 5.64 Å². The van der Waals surface area contributed by atoms with Gasteiger partial charge in [-0.3, -0.25) is 0 Å². The molecule has 0 bridgehead atoms. The van der Waals surface area contributed by atoms with Gasteiger partial charge in [0.25, 0.3) is 0 Å². The number of rotatable bonds is 1. The van der Waals surface area contributed by atoms with E-state index >= 15 is 0 Å². The van der Waals surface area contributed by atoms with Crippen LogP contribution in [0.1, 0.15) is 5.56 Å². The molecule has 1 radical (unpaired) electrons. The van der Waals surface area contributed by atoms with Crippen LogP contribution >= 0.6 is 0 Å². The predicted octanol–water partition coefficient (Wildman–Crippen LogP) is 0.198. The first-order valence-electron chi connectivity index (χ1n) is 2.94. The van der Waals surface area contributed by atoms with Crippen LogP contribution in [0, 0.1) is 6.92 Å². The summed E-state index contributed by atoms with van der Waals surface area (Å²) in [7, 11) is 1.60. The first-order chi connectivity index (χ1) is 4.33. The van der Waals surface area contributed by atoms with Gasteiger partial charge in [-0.2, -0.15) is 0 Å². The molecule has 2 heteroatoms. The number of nitrogens with two attached hydrogens (primary N) is 1. The van der Waals surface area contributed by atoms with E-state index in [1.807, 2.05) is 31.2 Å². The van der Waals surface area contributed by atoms with Crippen molar-refractivity contribution in [2.75, 3.05) is 0 Å². The molecule has 0 heterocycles. The lowest BCUT2D eigenvalue weighted by molar-refractivity contribution is 1.49. The first-order valence-corrected chi connectivity index (χ1v) is 2.94. The Bertz CT molecular complexity index is 198. The van der Waals surface area contributed by atoms with Crippen LogP contribution in [0.3, 0.4) is 0 Å².